The summed E-state index contributed by atoms with van der Waals surface area (Å²) < 4.78 is 12.9. The second-order valence-electron chi connectivity index (χ2n) is 8.81. The summed E-state index contributed by atoms with van der Waals surface area (Å²) in [5.74, 6) is 0.782. The zero-order valence-corrected chi connectivity index (χ0v) is 20.8. The summed E-state index contributed by atoms with van der Waals surface area (Å²) in [5.41, 5.74) is 12.3. The van der Waals surface area contributed by atoms with Crippen LogP contribution in [0.15, 0.2) is 102 Å². The standard InChI is InChI=1S/C30H30N2O3S/c31-18-25-5-1-2-6-27(25)22-12-14-24(15-13-22)30-34-26(20-36-29-7-3-4-16-32-29)17-28(35-30)23-10-8-21(19-33)9-11-23/h1-16,26,28,30,33H,17-20,31H2/t26-,28+,30+/m1/s1. The van der Waals surface area contributed by atoms with Gasteiger partial charge in [0, 0.05) is 30.5 Å². The first kappa shape index (κ1) is 24.7. The van der Waals surface area contributed by atoms with Gasteiger partial charge in [-0.1, -0.05) is 78.9 Å². The number of aliphatic hydroxyl groups excluding tert-OH is 1. The largest absolute Gasteiger partial charge is 0.392 e. The van der Waals surface area contributed by atoms with Gasteiger partial charge in [-0.3, -0.25) is 0 Å². The highest BCUT2D eigenvalue weighted by molar-refractivity contribution is 7.99. The van der Waals surface area contributed by atoms with E-state index in [1.807, 2.05) is 60.8 Å². The average Bonchev–Trinajstić information content (AvgIpc) is 2.96. The van der Waals surface area contributed by atoms with Crippen molar-refractivity contribution in [2.24, 2.45) is 5.73 Å². The molecule has 0 unspecified atom stereocenters. The molecule has 0 spiro atoms. The fourth-order valence-electron chi connectivity index (χ4n) is 4.43. The summed E-state index contributed by atoms with van der Waals surface area (Å²) in [6.45, 7) is 0.527. The molecule has 1 aliphatic heterocycles. The fourth-order valence-corrected chi connectivity index (χ4v) is 5.31. The van der Waals surface area contributed by atoms with Crippen LogP contribution in [0.5, 0.6) is 0 Å². The Bertz CT molecular complexity index is 1250. The van der Waals surface area contributed by atoms with Crippen molar-refractivity contribution in [3.05, 3.63) is 119 Å². The van der Waals surface area contributed by atoms with Crippen molar-refractivity contribution in [1.29, 1.82) is 0 Å². The third-order valence-corrected chi connectivity index (χ3v) is 7.48. The third kappa shape index (κ3) is 5.86. The molecule has 4 aromatic rings. The lowest BCUT2D eigenvalue weighted by Gasteiger charge is -2.36. The summed E-state index contributed by atoms with van der Waals surface area (Å²) in [5, 5.41) is 10.4. The van der Waals surface area contributed by atoms with E-state index in [0.717, 1.165) is 50.6 Å². The molecule has 0 amide bonds. The summed E-state index contributed by atoms with van der Waals surface area (Å²) in [6, 6.07) is 30.5. The lowest BCUT2D eigenvalue weighted by molar-refractivity contribution is -0.245. The van der Waals surface area contributed by atoms with Crippen molar-refractivity contribution in [2.75, 3.05) is 5.75 Å². The first-order valence-corrected chi connectivity index (χ1v) is 13.1. The van der Waals surface area contributed by atoms with Crippen molar-refractivity contribution in [1.82, 2.24) is 4.98 Å². The van der Waals surface area contributed by atoms with Crippen LogP contribution >= 0.6 is 11.8 Å². The van der Waals surface area contributed by atoms with E-state index in [4.69, 9.17) is 15.2 Å². The van der Waals surface area contributed by atoms with Gasteiger partial charge in [0.25, 0.3) is 0 Å². The number of aromatic nitrogens is 1. The Labute approximate surface area is 216 Å². The van der Waals surface area contributed by atoms with Crippen LogP contribution in [-0.2, 0) is 22.6 Å². The van der Waals surface area contributed by atoms with Gasteiger partial charge < -0.3 is 20.3 Å². The van der Waals surface area contributed by atoms with E-state index in [0.29, 0.717) is 6.54 Å². The topological polar surface area (TPSA) is 77.6 Å². The number of hydrogen-bond acceptors (Lipinski definition) is 6. The van der Waals surface area contributed by atoms with Crippen molar-refractivity contribution in [3.63, 3.8) is 0 Å². The molecule has 0 bridgehead atoms. The number of hydrogen-bond donors (Lipinski definition) is 2. The molecule has 2 heterocycles. The van der Waals surface area contributed by atoms with Gasteiger partial charge in [0.2, 0.25) is 0 Å². The smallest absolute Gasteiger partial charge is 0.184 e. The maximum Gasteiger partial charge on any atom is 0.184 e. The minimum Gasteiger partial charge on any atom is -0.392 e. The average molecular weight is 499 g/mol. The van der Waals surface area contributed by atoms with Crippen LogP contribution in [0.1, 0.15) is 41.1 Å². The van der Waals surface area contributed by atoms with Gasteiger partial charge in [0.05, 0.1) is 23.8 Å². The quantitative estimate of drug-likeness (QED) is 0.289. The van der Waals surface area contributed by atoms with Crippen molar-refractivity contribution < 1.29 is 14.6 Å². The first-order chi connectivity index (χ1) is 17.7. The number of aliphatic hydroxyl groups is 1. The molecule has 0 aliphatic carbocycles. The van der Waals surface area contributed by atoms with Gasteiger partial charge in [-0.15, -0.1) is 11.8 Å². The summed E-state index contributed by atoms with van der Waals surface area (Å²) in [7, 11) is 0. The molecule has 1 aromatic heterocycles. The minimum absolute atomic E-state index is 0.00378. The highest BCUT2D eigenvalue weighted by Gasteiger charge is 2.32. The van der Waals surface area contributed by atoms with Crippen LogP contribution < -0.4 is 5.73 Å². The number of pyridine rings is 1. The van der Waals surface area contributed by atoms with Crippen LogP contribution in [0.25, 0.3) is 11.1 Å². The minimum atomic E-state index is -0.477. The molecule has 1 aliphatic rings. The predicted octanol–water partition coefficient (Wildman–Crippen LogP) is 6.04. The highest BCUT2D eigenvalue weighted by atomic mass is 32.2. The molecule has 5 nitrogen and oxygen atoms in total. The van der Waals surface area contributed by atoms with Gasteiger partial charge in [0.15, 0.2) is 6.29 Å². The van der Waals surface area contributed by atoms with Crippen molar-refractivity contribution in [3.8, 4) is 11.1 Å². The van der Waals surface area contributed by atoms with Crippen LogP contribution in [0.3, 0.4) is 0 Å². The summed E-state index contributed by atoms with van der Waals surface area (Å²) in [6.07, 6.45) is 1.97. The molecule has 1 saturated heterocycles. The van der Waals surface area contributed by atoms with Crippen LogP contribution in [0.2, 0.25) is 0 Å². The van der Waals surface area contributed by atoms with E-state index < -0.39 is 6.29 Å². The maximum absolute atomic E-state index is 9.42. The Hall–Kier alpha value is -3.00. The number of nitrogens with zero attached hydrogens (tertiary/aromatic N) is 1. The molecule has 36 heavy (non-hydrogen) atoms. The molecule has 0 saturated carbocycles. The molecule has 0 radical (unpaired) electrons. The second kappa shape index (κ2) is 11.8. The lowest BCUT2D eigenvalue weighted by atomic mass is 9.98. The van der Waals surface area contributed by atoms with Crippen molar-refractivity contribution in [2.45, 2.75) is 43.1 Å². The normalized spacial score (nSPS) is 19.8. The van der Waals surface area contributed by atoms with Crippen molar-refractivity contribution >= 4 is 11.8 Å². The third-order valence-electron chi connectivity index (χ3n) is 6.40. The fraction of sp³-hybridized carbons (Fsp3) is 0.233. The van der Waals surface area contributed by atoms with Gasteiger partial charge in [-0.25, -0.2) is 4.98 Å². The van der Waals surface area contributed by atoms with E-state index in [2.05, 4.69) is 41.4 Å². The first-order valence-electron chi connectivity index (χ1n) is 12.2. The van der Waals surface area contributed by atoms with E-state index >= 15 is 0 Å². The molecule has 1 fully saturated rings. The Morgan fingerprint density at radius 1 is 0.861 bits per heavy atom. The zero-order chi connectivity index (χ0) is 24.7. The van der Waals surface area contributed by atoms with E-state index in [1.165, 1.54) is 0 Å². The molecular weight excluding hydrogens is 468 g/mol. The molecular formula is C30H30N2O3S. The molecule has 5 rings (SSSR count). The number of thioether (sulfide) groups is 1. The SMILES string of the molecule is NCc1ccccc1-c1ccc([C@H]2O[C@@H](CSc3ccccn3)C[C@@H](c3ccc(CO)cc3)O2)cc1. The summed E-state index contributed by atoms with van der Waals surface area (Å²) >= 11 is 1.69. The highest BCUT2D eigenvalue weighted by Crippen LogP contribution is 2.39. The predicted molar refractivity (Wildman–Crippen MR) is 143 cm³/mol. The molecule has 6 heteroatoms. The second-order valence-corrected chi connectivity index (χ2v) is 9.85. The maximum atomic E-state index is 9.42. The number of ether oxygens (including phenoxy) is 2. The zero-order valence-electron chi connectivity index (χ0n) is 20.0. The lowest BCUT2D eigenvalue weighted by Crippen LogP contribution is -2.31. The van der Waals surface area contributed by atoms with Gasteiger partial charge in [-0.2, -0.15) is 0 Å². The number of rotatable bonds is 8. The molecule has 3 atom stereocenters. The van der Waals surface area contributed by atoms with Gasteiger partial charge in [0.1, 0.15) is 0 Å². The van der Waals surface area contributed by atoms with Crippen LogP contribution in [-0.4, -0.2) is 21.9 Å². The van der Waals surface area contributed by atoms with E-state index in [9.17, 15) is 5.11 Å². The monoisotopic (exact) mass is 498 g/mol. The Balaban J connectivity index is 1.37. The number of nitrogens with two attached hydrogens (primary N) is 1. The van der Waals surface area contributed by atoms with E-state index in [-0.39, 0.29) is 18.8 Å². The number of benzene rings is 3. The Kier molecular flexibility index (Phi) is 8.11. The van der Waals surface area contributed by atoms with Crippen LogP contribution in [0.4, 0.5) is 0 Å². The van der Waals surface area contributed by atoms with Crippen LogP contribution in [0, 0.1) is 0 Å². The van der Waals surface area contributed by atoms with E-state index in [1.54, 1.807) is 11.8 Å². The van der Waals surface area contributed by atoms with Gasteiger partial charge in [-0.05, 0) is 39.9 Å². The molecule has 3 aromatic carbocycles. The molecule has 184 valence electrons. The summed E-state index contributed by atoms with van der Waals surface area (Å²) in [4.78, 5) is 4.43. The Morgan fingerprint density at radius 3 is 2.33 bits per heavy atom. The Morgan fingerprint density at radius 2 is 1.61 bits per heavy atom. The van der Waals surface area contributed by atoms with Gasteiger partial charge >= 0.3 is 0 Å². The molecule has 3 N–H and O–H groups in total.